The van der Waals surface area contributed by atoms with Crippen molar-refractivity contribution in [1.82, 2.24) is 0 Å². The molecule has 0 amide bonds. The van der Waals surface area contributed by atoms with Crippen molar-refractivity contribution in [2.75, 3.05) is 5.32 Å². The molecule has 7 heteroatoms. The van der Waals surface area contributed by atoms with Gasteiger partial charge in [0.1, 0.15) is 10.3 Å². The summed E-state index contributed by atoms with van der Waals surface area (Å²) in [7, 11) is 0. The molecule has 4 nitrogen and oxygen atoms in total. The second-order valence-corrected chi connectivity index (χ2v) is 5.63. The minimum atomic E-state index is -0.443. The summed E-state index contributed by atoms with van der Waals surface area (Å²) >= 11 is 6.49. The highest BCUT2D eigenvalue weighted by Crippen LogP contribution is 2.30. The maximum absolute atomic E-state index is 13.0. The first kappa shape index (κ1) is 14.9. The molecule has 0 radical (unpaired) electrons. The minimum absolute atomic E-state index is 0.0162. The van der Waals surface area contributed by atoms with Crippen molar-refractivity contribution in [2.45, 2.75) is 6.54 Å². The maximum Gasteiger partial charge on any atom is 0.283 e. The molecule has 0 aliphatic heterocycles. The zero-order valence-corrected chi connectivity index (χ0v) is 13.2. The molecule has 1 N–H and O–H groups in total. The zero-order chi connectivity index (χ0) is 14.7. The van der Waals surface area contributed by atoms with Crippen LogP contribution in [0.3, 0.4) is 0 Å². The third-order valence-electron chi connectivity index (χ3n) is 2.66. The Hall–Kier alpha value is -1.47. The second kappa shape index (κ2) is 6.32. The molecule has 0 aromatic heterocycles. The molecule has 20 heavy (non-hydrogen) atoms. The van der Waals surface area contributed by atoms with E-state index in [2.05, 4.69) is 37.2 Å². The van der Waals surface area contributed by atoms with Crippen LogP contribution in [0.15, 0.2) is 45.3 Å². The summed E-state index contributed by atoms with van der Waals surface area (Å²) in [5.41, 5.74) is 1.47. The lowest BCUT2D eigenvalue weighted by Gasteiger charge is -2.10. The van der Waals surface area contributed by atoms with Crippen molar-refractivity contribution in [3.8, 4) is 0 Å². The molecule has 0 atom stereocenters. The molecule has 2 aromatic rings. The van der Waals surface area contributed by atoms with Crippen LogP contribution in [0, 0.1) is 15.9 Å². The fourth-order valence-corrected chi connectivity index (χ4v) is 2.71. The zero-order valence-electron chi connectivity index (χ0n) is 10.1. The Morgan fingerprint density at radius 2 is 2.00 bits per heavy atom. The van der Waals surface area contributed by atoms with Crippen LogP contribution >= 0.6 is 31.9 Å². The highest BCUT2D eigenvalue weighted by molar-refractivity contribution is 9.11. The Morgan fingerprint density at radius 3 is 2.65 bits per heavy atom. The molecular weight excluding hydrogens is 395 g/mol. The summed E-state index contributed by atoms with van der Waals surface area (Å²) in [6.07, 6.45) is 0. The minimum Gasteiger partial charge on any atom is -0.380 e. The first-order valence-corrected chi connectivity index (χ1v) is 7.18. The van der Waals surface area contributed by atoms with Gasteiger partial charge in [-0.05, 0) is 55.6 Å². The molecule has 0 aliphatic rings. The van der Waals surface area contributed by atoms with Crippen LogP contribution < -0.4 is 5.32 Å². The summed E-state index contributed by atoms with van der Waals surface area (Å²) in [5.74, 6) is -0.334. The van der Waals surface area contributed by atoms with Gasteiger partial charge in [-0.1, -0.05) is 12.1 Å². The molecule has 0 bridgehead atoms. The van der Waals surface area contributed by atoms with Crippen molar-refractivity contribution in [3.05, 3.63) is 66.8 Å². The van der Waals surface area contributed by atoms with E-state index in [-0.39, 0.29) is 11.5 Å². The van der Waals surface area contributed by atoms with Gasteiger partial charge in [-0.3, -0.25) is 10.1 Å². The van der Waals surface area contributed by atoms with Crippen LogP contribution in [0.25, 0.3) is 0 Å². The predicted octanol–water partition coefficient (Wildman–Crippen LogP) is 4.87. The topological polar surface area (TPSA) is 55.2 Å². The lowest BCUT2D eigenvalue weighted by molar-refractivity contribution is -0.385. The molecule has 0 unspecified atom stereocenters. The van der Waals surface area contributed by atoms with Crippen molar-refractivity contribution < 1.29 is 9.31 Å². The SMILES string of the molecule is O=[N+]([O-])c1cccc(CNc2ccc(F)cc2Br)c1Br. The number of halogens is 3. The number of benzene rings is 2. The van der Waals surface area contributed by atoms with Gasteiger partial charge in [-0.25, -0.2) is 4.39 Å². The van der Waals surface area contributed by atoms with Crippen LogP contribution in [0.4, 0.5) is 15.8 Å². The average Bonchev–Trinajstić information content (AvgIpc) is 2.39. The Labute approximate surface area is 131 Å². The number of anilines is 1. The molecule has 104 valence electrons. The molecule has 0 saturated heterocycles. The lowest BCUT2D eigenvalue weighted by atomic mass is 10.2. The van der Waals surface area contributed by atoms with E-state index in [4.69, 9.17) is 0 Å². The quantitative estimate of drug-likeness (QED) is 0.585. The van der Waals surface area contributed by atoms with Crippen LogP contribution in [0.5, 0.6) is 0 Å². The van der Waals surface area contributed by atoms with E-state index in [1.807, 2.05) is 0 Å². The molecule has 0 aliphatic carbocycles. The monoisotopic (exact) mass is 402 g/mol. The lowest BCUT2D eigenvalue weighted by Crippen LogP contribution is -2.02. The fourth-order valence-electron chi connectivity index (χ4n) is 1.67. The Balaban J connectivity index is 2.19. The number of hydrogen-bond acceptors (Lipinski definition) is 3. The van der Waals surface area contributed by atoms with Gasteiger partial charge in [0.15, 0.2) is 0 Å². The van der Waals surface area contributed by atoms with E-state index >= 15 is 0 Å². The highest BCUT2D eigenvalue weighted by Gasteiger charge is 2.14. The number of rotatable bonds is 4. The van der Waals surface area contributed by atoms with Gasteiger partial charge in [0, 0.05) is 22.8 Å². The van der Waals surface area contributed by atoms with E-state index in [0.717, 1.165) is 5.56 Å². The molecule has 2 rings (SSSR count). The van der Waals surface area contributed by atoms with E-state index in [1.54, 1.807) is 18.2 Å². The summed E-state index contributed by atoms with van der Waals surface area (Å²) < 4.78 is 14.0. The van der Waals surface area contributed by atoms with Crippen LogP contribution in [-0.2, 0) is 6.54 Å². The van der Waals surface area contributed by atoms with Crippen molar-refractivity contribution in [3.63, 3.8) is 0 Å². The number of nitro groups is 1. The van der Waals surface area contributed by atoms with E-state index in [9.17, 15) is 14.5 Å². The second-order valence-electron chi connectivity index (χ2n) is 3.99. The van der Waals surface area contributed by atoms with Gasteiger partial charge in [-0.15, -0.1) is 0 Å². The van der Waals surface area contributed by atoms with Crippen molar-refractivity contribution in [1.29, 1.82) is 0 Å². The number of nitrogens with one attached hydrogen (secondary N) is 1. The third kappa shape index (κ3) is 3.34. The van der Waals surface area contributed by atoms with Crippen molar-refractivity contribution in [2.24, 2.45) is 0 Å². The normalized spacial score (nSPS) is 10.3. The molecule has 0 saturated carbocycles. The predicted molar refractivity (Wildman–Crippen MR) is 82.2 cm³/mol. The molecular formula is C13H9Br2FN2O2. The average molecular weight is 404 g/mol. The van der Waals surface area contributed by atoms with E-state index in [0.29, 0.717) is 21.2 Å². The van der Waals surface area contributed by atoms with Gasteiger partial charge >= 0.3 is 0 Å². The molecule has 2 aromatic carbocycles. The summed E-state index contributed by atoms with van der Waals surface area (Å²) in [4.78, 5) is 10.4. The summed E-state index contributed by atoms with van der Waals surface area (Å²) in [6.45, 7) is 0.381. The maximum atomic E-state index is 13.0. The van der Waals surface area contributed by atoms with Gasteiger partial charge in [-0.2, -0.15) is 0 Å². The Bertz CT molecular complexity index is 665. The van der Waals surface area contributed by atoms with Gasteiger partial charge in [0.25, 0.3) is 5.69 Å². The van der Waals surface area contributed by atoms with Crippen molar-refractivity contribution >= 4 is 43.2 Å². The molecule has 0 spiro atoms. The summed E-state index contributed by atoms with van der Waals surface area (Å²) in [6, 6.07) is 9.13. The van der Waals surface area contributed by atoms with E-state index < -0.39 is 4.92 Å². The molecule has 0 fully saturated rings. The molecule has 0 heterocycles. The van der Waals surface area contributed by atoms with Gasteiger partial charge in [0.05, 0.1) is 4.92 Å². The van der Waals surface area contributed by atoms with Gasteiger partial charge in [0.2, 0.25) is 0 Å². The third-order valence-corrected chi connectivity index (χ3v) is 4.23. The van der Waals surface area contributed by atoms with Gasteiger partial charge < -0.3 is 5.32 Å². The van der Waals surface area contributed by atoms with Crippen LogP contribution in [-0.4, -0.2) is 4.92 Å². The Morgan fingerprint density at radius 1 is 1.25 bits per heavy atom. The first-order chi connectivity index (χ1) is 9.49. The highest BCUT2D eigenvalue weighted by atomic mass is 79.9. The smallest absolute Gasteiger partial charge is 0.283 e. The fraction of sp³-hybridized carbons (Fsp3) is 0.0769. The number of hydrogen-bond donors (Lipinski definition) is 1. The van der Waals surface area contributed by atoms with E-state index in [1.165, 1.54) is 18.2 Å². The first-order valence-electron chi connectivity index (χ1n) is 5.59. The van der Waals surface area contributed by atoms with Crippen LogP contribution in [0.1, 0.15) is 5.56 Å². The summed E-state index contributed by atoms with van der Waals surface area (Å²) in [5, 5.41) is 13.9. The Kier molecular flexibility index (Phi) is 4.72. The standard InChI is InChI=1S/C13H9Br2FN2O2/c14-10-6-9(16)4-5-11(10)17-7-8-2-1-3-12(13(8)15)18(19)20/h1-6,17H,7H2. The van der Waals surface area contributed by atoms with Crippen LogP contribution in [0.2, 0.25) is 0 Å². The largest absolute Gasteiger partial charge is 0.380 e. The number of nitro benzene ring substituents is 1. The number of nitrogens with zero attached hydrogens (tertiary/aromatic N) is 1.